The molecule has 2 unspecified atom stereocenters. The summed E-state index contributed by atoms with van der Waals surface area (Å²) in [7, 11) is 1.91. The van der Waals surface area contributed by atoms with Gasteiger partial charge in [0.25, 0.3) is 0 Å². The summed E-state index contributed by atoms with van der Waals surface area (Å²) in [5, 5.41) is 3.37. The average Bonchev–Trinajstić information content (AvgIpc) is 2.48. The van der Waals surface area contributed by atoms with Gasteiger partial charge in [-0.2, -0.15) is 0 Å². The highest BCUT2D eigenvalue weighted by molar-refractivity contribution is 5.81. The van der Waals surface area contributed by atoms with E-state index in [0.29, 0.717) is 12.5 Å². The van der Waals surface area contributed by atoms with Crippen molar-refractivity contribution in [3.05, 3.63) is 35.4 Å². The highest BCUT2D eigenvalue weighted by Crippen LogP contribution is 2.21. The van der Waals surface area contributed by atoms with Crippen molar-refractivity contribution < 1.29 is 4.79 Å². The third kappa shape index (κ3) is 3.60. The summed E-state index contributed by atoms with van der Waals surface area (Å²) in [6, 6.07) is 8.27. The second kappa shape index (κ2) is 6.89. The Balaban J connectivity index is 1.96. The zero-order valence-electron chi connectivity index (χ0n) is 12.9. The minimum absolute atomic E-state index is 0.00252. The van der Waals surface area contributed by atoms with Crippen LogP contribution in [-0.4, -0.2) is 30.4 Å². The van der Waals surface area contributed by atoms with Crippen molar-refractivity contribution in [1.29, 1.82) is 0 Å². The van der Waals surface area contributed by atoms with Gasteiger partial charge in [0.1, 0.15) is 0 Å². The molecule has 0 radical (unpaired) electrons. The predicted octanol–water partition coefficient (Wildman–Crippen LogP) is 2.73. The summed E-state index contributed by atoms with van der Waals surface area (Å²) >= 11 is 0. The quantitative estimate of drug-likeness (QED) is 0.915. The maximum atomic E-state index is 12.5. The molecule has 2 atom stereocenters. The fourth-order valence-corrected chi connectivity index (χ4v) is 2.94. The number of nitrogens with zero attached hydrogens (tertiary/aromatic N) is 1. The van der Waals surface area contributed by atoms with Crippen LogP contribution < -0.4 is 5.32 Å². The summed E-state index contributed by atoms with van der Waals surface area (Å²) in [5.41, 5.74) is 2.47. The van der Waals surface area contributed by atoms with E-state index in [-0.39, 0.29) is 11.9 Å². The van der Waals surface area contributed by atoms with E-state index in [9.17, 15) is 4.79 Å². The van der Waals surface area contributed by atoms with Crippen LogP contribution in [0.15, 0.2) is 24.3 Å². The number of likely N-dealkylation sites (N-methyl/N-ethyl adjacent to an activating group) is 1. The molecule has 0 aromatic heterocycles. The molecule has 1 aliphatic rings. The first-order chi connectivity index (χ1) is 9.61. The Hall–Kier alpha value is -1.35. The van der Waals surface area contributed by atoms with Gasteiger partial charge in [-0.25, -0.2) is 0 Å². The standard InChI is InChI=1S/C17H26N2O/c1-4-14-9-10-18-16(11-14)17(20)19(3)12-15-8-6-5-7-13(15)2/h5-8,14,16,18H,4,9-12H2,1-3H3. The van der Waals surface area contributed by atoms with Gasteiger partial charge in [0.05, 0.1) is 6.04 Å². The number of hydrogen-bond donors (Lipinski definition) is 1. The van der Waals surface area contributed by atoms with Gasteiger partial charge in [0.15, 0.2) is 0 Å². The van der Waals surface area contributed by atoms with Gasteiger partial charge in [-0.05, 0) is 43.4 Å². The lowest BCUT2D eigenvalue weighted by Crippen LogP contribution is -2.49. The van der Waals surface area contributed by atoms with Crippen LogP contribution in [0.25, 0.3) is 0 Å². The normalized spacial score (nSPS) is 22.6. The summed E-state index contributed by atoms with van der Waals surface area (Å²) < 4.78 is 0. The first-order valence-electron chi connectivity index (χ1n) is 7.64. The highest BCUT2D eigenvalue weighted by atomic mass is 16.2. The zero-order chi connectivity index (χ0) is 14.5. The number of hydrogen-bond acceptors (Lipinski definition) is 2. The molecule has 1 aromatic carbocycles. The van der Waals surface area contributed by atoms with Crippen molar-refractivity contribution in [1.82, 2.24) is 10.2 Å². The molecular formula is C17H26N2O. The van der Waals surface area contributed by atoms with Gasteiger partial charge >= 0.3 is 0 Å². The van der Waals surface area contributed by atoms with Crippen LogP contribution in [0.1, 0.15) is 37.3 Å². The van der Waals surface area contributed by atoms with Crippen LogP contribution in [0.4, 0.5) is 0 Å². The molecule has 110 valence electrons. The van der Waals surface area contributed by atoms with E-state index in [1.165, 1.54) is 24.0 Å². The summed E-state index contributed by atoms with van der Waals surface area (Å²) in [6.45, 7) is 5.97. The number of amides is 1. The molecule has 1 saturated heterocycles. The largest absolute Gasteiger partial charge is 0.340 e. The van der Waals surface area contributed by atoms with E-state index in [4.69, 9.17) is 0 Å². The average molecular weight is 274 g/mol. The van der Waals surface area contributed by atoms with Crippen molar-refractivity contribution in [2.45, 2.75) is 45.7 Å². The molecule has 1 N–H and O–H groups in total. The highest BCUT2D eigenvalue weighted by Gasteiger charge is 2.28. The maximum absolute atomic E-state index is 12.5. The van der Waals surface area contributed by atoms with Crippen molar-refractivity contribution in [2.75, 3.05) is 13.6 Å². The van der Waals surface area contributed by atoms with Crippen LogP contribution in [-0.2, 0) is 11.3 Å². The molecule has 3 heteroatoms. The zero-order valence-corrected chi connectivity index (χ0v) is 12.9. The summed E-state index contributed by atoms with van der Waals surface area (Å²) in [4.78, 5) is 14.4. The van der Waals surface area contributed by atoms with E-state index in [2.05, 4.69) is 31.3 Å². The number of aryl methyl sites for hydroxylation is 1. The third-order valence-electron chi connectivity index (χ3n) is 4.43. The van der Waals surface area contributed by atoms with Gasteiger partial charge in [-0.1, -0.05) is 37.6 Å². The molecule has 1 aliphatic heterocycles. The molecule has 1 amide bonds. The van der Waals surface area contributed by atoms with Gasteiger partial charge < -0.3 is 10.2 Å². The van der Waals surface area contributed by atoms with Crippen molar-refractivity contribution in [2.24, 2.45) is 5.92 Å². The van der Waals surface area contributed by atoms with Gasteiger partial charge in [-0.15, -0.1) is 0 Å². The minimum atomic E-state index is 0.00252. The maximum Gasteiger partial charge on any atom is 0.239 e. The Labute approximate surface area is 122 Å². The molecule has 1 fully saturated rings. The van der Waals surface area contributed by atoms with Crippen molar-refractivity contribution >= 4 is 5.91 Å². The lowest BCUT2D eigenvalue weighted by atomic mass is 9.90. The van der Waals surface area contributed by atoms with E-state index in [1.807, 2.05) is 24.1 Å². The molecule has 1 heterocycles. The van der Waals surface area contributed by atoms with Crippen molar-refractivity contribution in [3.63, 3.8) is 0 Å². The minimum Gasteiger partial charge on any atom is -0.340 e. The summed E-state index contributed by atoms with van der Waals surface area (Å²) in [6.07, 6.45) is 3.35. The lowest BCUT2D eigenvalue weighted by Gasteiger charge is -2.32. The molecule has 20 heavy (non-hydrogen) atoms. The third-order valence-corrected chi connectivity index (χ3v) is 4.43. The van der Waals surface area contributed by atoms with Crippen LogP contribution >= 0.6 is 0 Å². The number of carbonyl (C=O) groups is 1. The number of piperidine rings is 1. The van der Waals surface area contributed by atoms with Crippen LogP contribution in [0.2, 0.25) is 0 Å². The second-order valence-corrected chi connectivity index (χ2v) is 5.93. The first kappa shape index (κ1) is 15.0. The molecule has 2 rings (SSSR count). The molecule has 1 aromatic rings. The van der Waals surface area contributed by atoms with Gasteiger partial charge in [0.2, 0.25) is 5.91 Å². The molecule has 0 aliphatic carbocycles. The summed E-state index contributed by atoms with van der Waals surface area (Å²) in [5.74, 6) is 0.920. The Kier molecular flexibility index (Phi) is 5.18. The smallest absolute Gasteiger partial charge is 0.239 e. The van der Waals surface area contributed by atoms with Crippen LogP contribution in [0.5, 0.6) is 0 Å². The van der Waals surface area contributed by atoms with Gasteiger partial charge in [0, 0.05) is 13.6 Å². The number of benzene rings is 1. The monoisotopic (exact) mass is 274 g/mol. The Morgan fingerprint density at radius 3 is 2.85 bits per heavy atom. The Morgan fingerprint density at radius 2 is 2.15 bits per heavy atom. The fourth-order valence-electron chi connectivity index (χ4n) is 2.94. The number of nitrogens with one attached hydrogen (secondary N) is 1. The SMILES string of the molecule is CCC1CCNC(C(=O)N(C)Cc2ccccc2C)C1. The second-order valence-electron chi connectivity index (χ2n) is 5.93. The van der Waals surface area contributed by atoms with E-state index < -0.39 is 0 Å². The fraction of sp³-hybridized carbons (Fsp3) is 0.588. The van der Waals surface area contributed by atoms with E-state index in [0.717, 1.165) is 13.0 Å². The topological polar surface area (TPSA) is 32.3 Å². The number of rotatable bonds is 4. The Bertz CT molecular complexity index is 458. The molecule has 0 saturated carbocycles. The van der Waals surface area contributed by atoms with Crippen LogP contribution in [0, 0.1) is 12.8 Å². The predicted molar refractivity (Wildman–Crippen MR) is 82.5 cm³/mol. The molecule has 3 nitrogen and oxygen atoms in total. The lowest BCUT2D eigenvalue weighted by molar-refractivity contribution is -0.133. The first-order valence-corrected chi connectivity index (χ1v) is 7.64. The Morgan fingerprint density at radius 1 is 1.40 bits per heavy atom. The molecule has 0 spiro atoms. The van der Waals surface area contributed by atoms with E-state index >= 15 is 0 Å². The number of carbonyl (C=O) groups excluding carboxylic acids is 1. The van der Waals surface area contributed by atoms with Crippen molar-refractivity contribution in [3.8, 4) is 0 Å². The molecule has 0 bridgehead atoms. The molecular weight excluding hydrogens is 248 g/mol. The van der Waals surface area contributed by atoms with Crippen LogP contribution in [0.3, 0.4) is 0 Å². The van der Waals surface area contributed by atoms with E-state index in [1.54, 1.807) is 0 Å². The van der Waals surface area contributed by atoms with Gasteiger partial charge in [-0.3, -0.25) is 4.79 Å².